The normalized spacial score (nSPS) is 12.1. The van der Waals surface area contributed by atoms with Crippen LogP contribution < -0.4 is 11.1 Å². The van der Waals surface area contributed by atoms with Crippen LogP contribution in [-0.2, 0) is 16.1 Å². The van der Waals surface area contributed by atoms with Crippen molar-refractivity contribution in [2.24, 2.45) is 5.73 Å². The lowest BCUT2D eigenvalue weighted by Gasteiger charge is -2.09. The molecule has 1 unspecified atom stereocenters. The number of aliphatic carboxylic acids is 1. The zero-order valence-corrected chi connectivity index (χ0v) is 10.2. The van der Waals surface area contributed by atoms with Crippen LogP contribution in [0.5, 0.6) is 0 Å². The Morgan fingerprint density at radius 3 is 2.53 bits per heavy atom. The SMILES string of the molecule is NC(C(=O)O)C(=O)NCc1ccc2ccccc2c1. The van der Waals surface area contributed by atoms with Gasteiger partial charge >= 0.3 is 5.97 Å². The summed E-state index contributed by atoms with van der Waals surface area (Å²) in [5, 5.41) is 13.3. The maximum atomic E-state index is 11.4. The topological polar surface area (TPSA) is 92.4 Å². The Labute approximate surface area is 110 Å². The number of nitrogens with two attached hydrogens (primary N) is 1. The molecule has 19 heavy (non-hydrogen) atoms. The van der Waals surface area contributed by atoms with Crippen molar-refractivity contribution in [3.63, 3.8) is 0 Å². The van der Waals surface area contributed by atoms with E-state index in [1.165, 1.54) is 0 Å². The summed E-state index contributed by atoms with van der Waals surface area (Å²) in [6.07, 6.45) is 0. The fraction of sp³-hybridized carbons (Fsp3) is 0.143. The van der Waals surface area contributed by atoms with Crippen molar-refractivity contribution >= 4 is 22.6 Å². The lowest BCUT2D eigenvalue weighted by Crippen LogP contribution is -2.45. The summed E-state index contributed by atoms with van der Waals surface area (Å²) in [6, 6.07) is 12.1. The molecule has 2 aromatic carbocycles. The molecule has 5 nitrogen and oxygen atoms in total. The summed E-state index contributed by atoms with van der Waals surface area (Å²) < 4.78 is 0. The van der Waals surface area contributed by atoms with Crippen molar-refractivity contribution in [2.75, 3.05) is 0 Å². The Morgan fingerprint density at radius 2 is 1.84 bits per heavy atom. The predicted octanol–water partition coefficient (Wildman–Crippen LogP) is 0.868. The fourth-order valence-corrected chi connectivity index (χ4v) is 1.76. The molecule has 1 atom stereocenters. The van der Waals surface area contributed by atoms with E-state index in [0.29, 0.717) is 0 Å². The molecule has 2 aromatic rings. The number of hydrogen-bond acceptors (Lipinski definition) is 3. The average molecular weight is 258 g/mol. The molecule has 0 aliphatic rings. The monoisotopic (exact) mass is 258 g/mol. The largest absolute Gasteiger partial charge is 0.480 e. The van der Waals surface area contributed by atoms with Crippen LogP contribution in [0.15, 0.2) is 42.5 Å². The van der Waals surface area contributed by atoms with E-state index in [1.807, 2.05) is 42.5 Å². The summed E-state index contributed by atoms with van der Waals surface area (Å²) in [5.74, 6) is -2.03. The van der Waals surface area contributed by atoms with Crippen molar-refractivity contribution in [3.8, 4) is 0 Å². The molecule has 0 fully saturated rings. The minimum Gasteiger partial charge on any atom is -0.480 e. The van der Waals surface area contributed by atoms with Crippen molar-refractivity contribution in [3.05, 3.63) is 48.0 Å². The molecule has 5 heteroatoms. The highest BCUT2D eigenvalue weighted by Crippen LogP contribution is 2.15. The first-order valence-corrected chi connectivity index (χ1v) is 5.82. The van der Waals surface area contributed by atoms with Gasteiger partial charge in [-0.1, -0.05) is 36.4 Å². The molecule has 4 N–H and O–H groups in total. The predicted molar refractivity (Wildman–Crippen MR) is 71.4 cm³/mol. The molecular formula is C14H14N2O3. The minimum absolute atomic E-state index is 0.255. The number of amides is 1. The van der Waals surface area contributed by atoms with Crippen LogP contribution in [0.4, 0.5) is 0 Å². The first-order chi connectivity index (χ1) is 9.08. The molecule has 2 rings (SSSR count). The quantitative estimate of drug-likeness (QED) is 0.709. The van der Waals surface area contributed by atoms with E-state index in [2.05, 4.69) is 5.32 Å². The van der Waals surface area contributed by atoms with Gasteiger partial charge in [-0.2, -0.15) is 0 Å². The lowest BCUT2D eigenvalue weighted by atomic mass is 10.1. The number of carbonyl (C=O) groups is 2. The van der Waals surface area contributed by atoms with Gasteiger partial charge in [0.15, 0.2) is 6.04 Å². The molecular weight excluding hydrogens is 244 g/mol. The van der Waals surface area contributed by atoms with Gasteiger partial charge in [0.2, 0.25) is 5.91 Å². The smallest absolute Gasteiger partial charge is 0.330 e. The molecule has 0 saturated carbocycles. The maximum absolute atomic E-state index is 11.4. The Morgan fingerprint density at radius 1 is 1.16 bits per heavy atom. The Hall–Kier alpha value is -2.40. The summed E-state index contributed by atoms with van der Waals surface area (Å²) in [7, 11) is 0. The standard InChI is InChI=1S/C14H14N2O3/c15-12(14(18)19)13(17)16-8-9-5-6-10-3-1-2-4-11(10)7-9/h1-7,12H,8,15H2,(H,16,17)(H,18,19). The molecule has 0 aliphatic heterocycles. The maximum Gasteiger partial charge on any atom is 0.330 e. The number of hydrogen-bond donors (Lipinski definition) is 3. The third kappa shape index (κ3) is 3.08. The van der Waals surface area contributed by atoms with E-state index < -0.39 is 17.9 Å². The average Bonchev–Trinajstić information content (AvgIpc) is 2.43. The van der Waals surface area contributed by atoms with Crippen LogP contribution in [0, 0.1) is 0 Å². The van der Waals surface area contributed by atoms with Crippen LogP contribution in [0.2, 0.25) is 0 Å². The van der Waals surface area contributed by atoms with Gasteiger partial charge in [-0.3, -0.25) is 4.79 Å². The first-order valence-electron chi connectivity index (χ1n) is 5.82. The Bertz CT molecular complexity index is 625. The number of fused-ring (bicyclic) bond motifs is 1. The number of carboxylic acids is 1. The molecule has 0 heterocycles. The molecule has 0 saturated heterocycles. The number of nitrogens with one attached hydrogen (secondary N) is 1. The molecule has 1 amide bonds. The van der Waals surface area contributed by atoms with E-state index in [0.717, 1.165) is 16.3 Å². The Kier molecular flexibility index (Phi) is 3.77. The molecule has 0 aliphatic carbocycles. The van der Waals surface area contributed by atoms with Crippen LogP contribution in [0.3, 0.4) is 0 Å². The lowest BCUT2D eigenvalue weighted by molar-refractivity contribution is -0.142. The van der Waals surface area contributed by atoms with Gasteiger partial charge in [-0.15, -0.1) is 0 Å². The number of rotatable bonds is 4. The van der Waals surface area contributed by atoms with Crippen LogP contribution in [-0.4, -0.2) is 23.0 Å². The highest BCUT2D eigenvalue weighted by molar-refractivity contribution is 6.00. The summed E-state index contributed by atoms with van der Waals surface area (Å²) >= 11 is 0. The zero-order valence-electron chi connectivity index (χ0n) is 10.2. The van der Waals surface area contributed by atoms with Crippen molar-refractivity contribution in [1.82, 2.24) is 5.32 Å². The van der Waals surface area contributed by atoms with Crippen LogP contribution in [0.25, 0.3) is 10.8 Å². The van der Waals surface area contributed by atoms with Gasteiger partial charge in [0, 0.05) is 6.54 Å². The summed E-state index contributed by atoms with van der Waals surface area (Å²) in [6.45, 7) is 0.255. The van der Waals surface area contributed by atoms with Gasteiger partial charge in [-0.25, -0.2) is 4.79 Å². The molecule has 0 spiro atoms. The minimum atomic E-state index is -1.53. The third-order valence-electron chi connectivity index (χ3n) is 2.83. The van der Waals surface area contributed by atoms with Crippen molar-refractivity contribution in [2.45, 2.75) is 12.6 Å². The number of carbonyl (C=O) groups excluding carboxylic acids is 1. The highest BCUT2D eigenvalue weighted by Gasteiger charge is 2.20. The van der Waals surface area contributed by atoms with E-state index in [1.54, 1.807) is 0 Å². The number of carboxylic acid groups (broad SMARTS) is 1. The molecule has 0 bridgehead atoms. The number of benzene rings is 2. The fourth-order valence-electron chi connectivity index (χ4n) is 1.76. The van der Waals surface area contributed by atoms with Crippen LogP contribution in [0.1, 0.15) is 5.56 Å². The van der Waals surface area contributed by atoms with Crippen molar-refractivity contribution in [1.29, 1.82) is 0 Å². The second-order valence-electron chi connectivity index (χ2n) is 4.22. The molecule has 98 valence electrons. The second-order valence-corrected chi connectivity index (χ2v) is 4.22. The van der Waals surface area contributed by atoms with E-state index in [9.17, 15) is 9.59 Å². The summed E-state index contributed by atoms with van der Waals surface area (Å²) in [5.41, 5.74) is 6.10. The van der Waals surface area contributed by atoms with Gasteiger partial charge in [0.05, 0.1) is 0 Å². The highest BCUT2D eigenvalue weighted by atomic mass is 16.4. The van der Waals surface area contributed by atoms with E-state index in [-0.39, 0.29) is 6.54 Å². The van der Waals surface area contributed by atoms with Crippen molar-refractivity contribution < 1.29 is 14.7 Å². The van der Waals surface area contributed by atoms with Gasteiger partial charge in [0.1, 0.15) is 0 Å². The first kappa shape index (κ1) is 13.0. The zero-order chi connectivity index (χ0) is 13.8. The van der Waals surface area contributed by atoms with E-state index >= 15 is 0 Å². The Balaban J connectivity index is 2.06. The summed E-state index contributed by atoms with van der Waals surface area (Å²) in [4.78, 5) is 21.9. The molecule has 0 aromatic heterocycles. The van der Waals surface area contributed by atoms with Gasteiger partial charge in [0.25, 0.3) is 0 Å². The van der Waals surface area contributed by atoms with E-state index in [4.69, 9.17) is 10.8 Å². The van der Waals surface area contributed by atoms with Crippen LogP contribution >= 0.6 is 0 Å². The second kappa shape index (κ2) is 5.49. The van der Waals surface area contributed by atoms with Gasteiger partial charge < -0.3 is 16.2 Å². The third-order valence-corrected chi connectivity index (χ3v) is 2.83. The van der Waals surface area contributed by atoms with Gasteiger partial charge in [-0.05, 0) is 22.4 Å². The molecule has 0 radical (unpaired) electrons.